The number of pyridine rings is 1. The molecule has 3 heterocycles. The molecule has 0 spiro atoms. The highest BCUT2D eigenvalue weighted by Gasteiger charge is 2.41. The van der Waals surface area contributed by atoms with E-state index in [2.05, 4.69) is 25.2 Å². The van der Waals surface area contributed by atoms with Crippen molar-refractivity contribution >= 4 is 11.6 Å². The number of anilines is 2. The van der Waals surface area contributed by atoms with Gasteiger partial charge in [0.15, 0.2) is 0 Å². The molecule has 9 heteroatoms. The molecule has 0 amide bonds. The standard InChI is InChI=1S/C20H25F3N6/c1-11-7-14-15(26-10-27-19(14)29-5-3-25-4-6-29)9-13(11)18-17(20(21,22)23)12(2)8-16(24)28-18/h8,10-11,13,25H,3-7,9H2,1-2H3,(H2,24,28). The predicted molar refractivity (Wildman–Crippen MR) is 105 cm³/mol. The second kappa shape index (κ2) is 7.44. The minimum absolute atomic E-state index is 0.0371. The van der Waals surface area contributed by atoms with Crippen LogP contribution in [0.5, 0.6) is 0 Å². The molecule has 2 aromatic rings. The van der Waals surface area contributed by atoms with Crippen LogP contribution in [0.25, 0.3) is 0 Å². The Labute approximate surface area is 167 Å². The zero-order chi connectivity index (χ0) is 20.8. The molecule has 0 aromatic carbocycles. The van der Waals surface area contributed by atoms with Gasteiger partial charge in [-0.05, 0) is 37.3 Å². The van der Waals surface area contributed by atoms with Crippen molar-refractivity contribution in [3.8, 4) is 0 Å². The number of rotatable bonds is 2. The molecular formula is C20H25F3N6. The van der Waals surface area contributed by atoms with Crippen LogP contribution in [0.4, 0.5) is 24.8 Å². The van der Waals surface area contributed by atoms with E-state index in [0.29, 0.717) is 12.8 Å². The fourth-order valence-corrected chi connectivity index (χ4v) is 4.57. The quantitative estimate of drug-likeness (QED) is 0.798. The third kappa shape index (κ3) is 3.75. The molecule has 1 aliphatic carbocycles. The van der Waals surface area contributed by atoms with Crippen molar-refractivity contribution in [2.75, 3.05) is 36.8 Å². The maximum Gasteiger partial charge on any atom is 0.418 e. The van der Waals surface area contributed by atoms with Gasteiger partial charge in [-0.15, -0.1) is 0 Å². The van der Waals surface area contributed by atoms with Crippen molar-refractivity contribution in [3.05, 3.63) is 40.5 Å². The summed E-state index contributed by atoms with van der Waals surface area (Å²) < 4.78 is 41.4. The van der Waals surface area contributed by atoms with Crippen LogP contribution < -0.4 is 16.0 Å². The molecule has 156 valence electrons. The summed E-state index contributed by atoms with van der Waals surface area (Å²) >= 11 is 0. The molecule has 2 aliphatic rings. The topological polar surface area (TPSA) is 80.0 Å². The Kier molecular flexibility index (Phi) is 5.10. The number of halogens is 3. The molecule has 0 radical (unpaired) electrons. The zero-order valence-corrected chi connectivity index (χ0v) is 16.6. The first-order chi connectivity index (χ1) is 13.8. The average molecular weight is 406 g/mol. The van der Waals surface area contributed by atoms with Crippen LogP contribution >= 0.6 is 0 Å². The number of fused-ring (bicyclic) bond motifs is 1. The van der Waals surface area contributed by atoms with Crippen LogP contribution in [0.1, 0.15) is 40.9 Å². The molecule has 4 rings (SSSR count). The molecule has 1 saturated heterocycles. The molecule has 29 heavy (non-hydrogen) atoms. The Hall–Kier alpha value is -2.42. The van der Waals surface area contributed by atoms with Gasteiger partial charge in [-0.2, -0.15) is 13.2 Å². The Balaban J connectivity index is 1.74. The SMILES string of the molecule is Cc1cc(N)nc(C2Cc3ncnc(N4CCNCC4)c3CC2C)c1C(F)(F)F. The Morgan fingerprint density at radius 3 is 2.59 bits per heavy atom. The molecule has 2 atom stereocenters. The molecular weight excluding hydrogens is 381 g/mol. The van der Waals surface area contributed by atoms with Crippen LogP contribution in [0, 0.1) is 12.8 Å². The van der Waals surface area contributed by atoms with Crippen LogP contribution in [0.15, 0.2) is 12.4 Å². The van der Waals surface area contributed by atoms with Crippen molar-refractivity contribution in [2.24, 2.45) is 5.92 Å². The van der Waals surface area contributed by atoms with E-state index >= 15 is 0 Å². The summed E-state index contributed by atoms with van der Waals surface area (Å²) in [6.07, 6.45) is -1.94. The van der Waals surface area contributed by atoms with Crippen LogP contribution in [0.2, 0.25) is 0 Å². The van der Waals surface area contributed by atoms with E-state index in [9.17, 15) is 13.2 Å². The van der Waals surface area contributed by atoms with E-state index in [0.717, 1.165) is 43.3 Å². The molecule has 0 saturated carbocycles. The number of aryl methyl sites for hydroxylation is 1. The highest BCUT2D eigenvalue weighted by Crippen LogP contribution is 2.44. The van der Waals surface area contributed by atoms with E-state index in [-0.39, 0.29) is 23.0 Å². The van der Waals surface area contributed by atoms with Crippen molar-refractivity contribution in [1.82, 2.24) is 20.3 Å². The number of nitrogens with zero attached hydrogens (tertiary/aromatic N) is 4. The van der Waals surface area contributed by atoms with Gasteiger partial charge in [0.1, 0.15) is 18.0 Å². The average Bonchev–Trinajstić information content (AvgIpc) is 2.66. The lowest BCUT2D eigenvalue weighted by molar-refractivity contribution is -0.139. The van der Waals surface area contributed by atoms with Gasteiger partial charge >= 0.3 is 6.18 Å². The van der Waals surface area contributed by atoms with E-state index < -0.39 is 17.7 Å². The normalized spacial score (nSPS) is 22.4. The number of piperazine rings is 1. The van der Waals surface area contributed by atoms with Gasteiger partial charge in [0, 0.05) is 43.4 Å². The zero-order valence-electron chi connectivity index (χ0n) is 16.6. The molecule has 1 aliphatic heterocycles. The van der Waals surface area contributed by atoms with E-state index in [1.54, 1.807) is 0 Å². The monoisotopic (exact) mass is 406 g/mol. The number of hydrogen-bond acceptors (Lipinski definition) is 6. The lowest BCUT2D eigenvalue weighted by Crippen LogP contribution is -2.44. The summed E-state index contributed by atoms with van der Waals surface area (Å²) in [5.74, 6) is 0.597. The first-order valence-electron chi connectivity index (χ1n) is 9.88. The van der Waals surface area contributed by atoms with Crippen LogP contribution in [-0.2, 0) is 19.0 Å². The van der Waals surface area contributed by atoms with E-state index in [1.165, 1.54) is 19.3 Å². The summed E-state index contributed by atoms with van der Waals surface area (Å²) in [5.41, 5.74) is 7.17. The van der Waals surface area contributed by atoms with Crippen molar-refractivity contribution in [3.63, 3.8) is 0 Å². The third-order valence-electron chi connectivity index (χ3n) is 5.95. The maximum atomic E-state index is 13.8. The summed E-state index contributed by atoms with van der Waals surface area (Å²) in [5, 5.41) is 3.32. The van der Waals surface area contributed by atoms with Gasteiger partial charge in [-0.25, -0.2) is 15.0 Å². The van der Waals surface area contributed by atoms with Crippen LogP contribution in [0.3, 0.4) is 0 Å². The predicted octanol–water partition coefficient (Wildman–Crippen LogP) is 2.71. The summed E-state index contributed by atoms with van der Waals surface area (Å²) in [6, 6.07) is 1.29. The van der Waals surface area contributed by atoms with Gasteiger partial charge in [0.05, 0.1) is 11.3 Å². The van der Waals surface area contributed by atoms with Crippen molar-refractivity contribution < 1.29 is 13.2 Å². The van der Waals surface area contributed by atoms with Crippen molar-refractivity contribution in [2.45, 2.75) is 38.8 Å². The highest BCUT2D eigenvalue weighted by atomic mass is 19.4. The largest absolute Gasteiger partial charge is 0.418 e. The molecule has 3 N–H and O–H groups in total. The lowest BCUT2D eigenvalue weighted by Gasteiger charge is -2.35. The second-order valence-electron chi connectivity index (χ2n) is 7.97. The lowest BCUT2D eigenvalue weighted by atomic mass is 9.75. The molecule has 1 fully saturated rings. The van der Waals surface area contributed by atoms with E-state index in [1.807, 2.05) is 6.92 Å². The third-order valence-corrected chi connectivity index (χ3v) is 5.95. The molecule has 6 nitrogen and oxygen atoms in total. The fraction of sp³-hybridized carbons (Fsp3) is 0.550. The van der Waals surface area contributed by atoms with Gasteiger partial charge in [0.2, 0.25) is 0 Å². The minimum atomic E-state index is -4.47. The summed E-state index contributed by atoms with van der Waals surface area (Å²) in [7, 11) is 0. The first kappa shape index (κ1) is 19.9. The highest BCUT2D eigenvalue weighted by molar-refractivity contribution is 5.52. The summed E-state index contributed by atoms with van der Waals surface area (Å²) in [6.45, 7) is 6.90. The number of aromatic nitrogens is 3. The number of alkyl halides is 3. The Morgan fingerprint density at radius 2 is 1.90 bits per heavy atom. The van der Waals surface area contributed by atoms with Gasteiger partial charge in [0.25, 0.3) is 0 Å². The minimum Gasteiger partial charge on any atom is -0.384 e. The first-order valence-corrected chi connectivity index (χ1v) is 9.88. The maximum absolute atomic E-state index is 13.8. The van der Waals surface area contributed by atoms with Crippen LogP contribution in [-0.4, -0.2) is 41.1 Å². The molecule has 2 aromatic heterocycles. The number of hydrogen-bond donors (Lipinski definition) is 2. The smallest absolute Gasteiger partial charge is 0.384 e. The van der Waals surface area contributed by atoms with Crippen molar-refractivity contribution in [1.29, 1.82) is 0 Å². The second-order valence-corrected chi connectivity index (χ2v) is 7.97. The van der Waals surface area contributed by atoms with Gasteiger partial charge in [-0.1, -0.05) is 6.92 Å². The molecule has 2 unspecified atom stereocenters. The number of nitrogens with two attached hydrogens (primary N) is 1. The van der Waals surface area contributed by atoms with Gasteiger partial charge < -0.3 is 16.0 Å². The number of nitrogens with one attached hydrogen (secondary N) is 1. The van der Waals surface area contributed by atoms with Gasteiger partial charge in [-0.3, -0.25) is 0 Å². The Bertz CT molecular complexity index is 908. The summed E-state index contributed by atoms with van der Waals surface area (Å²) in [4.78, 5) is 15.3. The number of nitrogen functional groups attached to an aromatic ring is 1. The fourth-order valence-electron chi connectivity index (χ4n) is 4.57. The Morgan fingerprint density at radius 1 is 1.17 bits per heavy atom. The molecule has 0 bridgehead atoms. The van der Waals surface area contributed by atoms with E-state index in [4.69, 9.17) is 5.73 Å².